The SMILES string of the molecule is C=C(C)C(=O)OCCC(CCOC(N)=O)[Si](OCC)(OCC)OCC. The summed E-state index contributed by atoms with van der Waals surface area (Å²) >= 11 is 0. The Morgan fingerprint density at radius 2 is 1.40 bits per heavy atom. The Labute approximate surface area is 151 Å². The fourth-order valence-corrected chi connectivity index (χ4v) is 5.41. The molecule has 0 bridgehead atoms. The molecule has 0 radical (unpaired) electrons. The lowest BCUT2D eigenvalue weighted by molar-refractivity contribution is -0.139. The van der Waals surface area contributed by atoms with E-state index >= 15 is 0 Å². The summed E-state index contributed by atoms with van der Waals surface area (Å²) in [5.74, 6) is -0.455. The maximum absolute atomic E-state index is 11.6. The Morgan fingerprint density at radius 1 is 0.960 bits per heavy atom. The van der Waals surface area contributed by atoms with Gasteiger partial charge in [-0.2, -0.15) is 0 Å². The minimum atomic E-state index is -3.04. The summed E-state index contributed by atoms with van der Waals surface area (Å²) in [5, 5.41) is 0. The number of esters is 1. The third-order valence-electron chi connectivity index (χ3n) is 3.30. The maximum Gasteiger partial charge on any atom is 0.504 e. The Balaban J connectivity index is 5.13. The fourth-order valence-electron chi connectivity index (χ4n) is 2.30. The number of amides is 1. The molecule has 0 aromatic carbocycles. The van der Waals surface area contributed by atoms with Crippen molar-refractivity contribution in [2.24, 2.45) is 5.73 Å². The highest BCUT2D eigenvalue weighted by molar-refractivity contribution is 6.62. The van der Waals surface area contributed by atoms with Gasteiger partial charge in [-0.3, -0.25) is 0 Å². The summed E-state index contributed by atoms with van der Waals surface area (Å²) in [4.78, 5) is 22.4. The first-order valence-corrected chi connectivity index (χ1v) is 10.3. The second kappa shape index (κ2) is 12.9. The molecule has 9 heteroatoms. The predicted molar refractivity (Wildman–Crippen MR) is 94.9 cm³/mol. The molecule has 2 N–H and O–H groups in total. The largest absolute Gasteiger partial charge is 0.504 e. The van der Waals surface area contributed by atoms with E-state index in [0.29, 0.717) is 38.2 Å². The Hall–Kier alpha value is -1.42. The molecule has 0 fully saturated rings. The van der Waals surface area contributed by atoms with Crippen molar-refractivity contribution in [3.05, 3.63) is 12.2 Å². The lowest BCUT2D eigenvalue weighted by Gasteiger charge is -2.35. The number of hydrogen-bond acceptors (Lipinski definition) is 7. The van der Waals surface area contributed by atoms with Crippen LogP contribution in [0.25, 0.3) is 0 Å². The molecule has 0 spiro atoms. The first-order chi connectivity index (χ1) is 11.8. The lowest BCUT2D eigenvalue weighted by Crippen LogP contribution is -2.51. The van der Waals surface area contributed by atoms with E-state index in [9.17, 15) is 9.59 Å². The predicted octanol–water partition coefficient (Wildman–Crippen LogP) is 2.40. The molecular weight excluding hydrogens is 346 g/mol. The third-order valence-corrected chi connectivity index (χ3v) is 6.95. The quantitative estimate of drug-likeness (QED) is 0.281. The van der Waals surface area contributed by atoms with Crippen LogP contribution in [0.4, 0.5) is 4.79 Å². The molecule has 25 heavy (non-hydrogen) atoms. The van der Waals surface area contributed by atoms with E-state index in [1.54, 1.807) is 6.92 Å². The van der Waals surface area contributed by atoms with Crippen LogP contribution >= 0.6 is 0 Å². The van der Waals surface area contributed by atoms with Crippen molar-refractivity contribution >= 4 is 20.9 Å². The van der Waals surface area contributed by atoms with E-state index in [0.717, 1.165) is 0 Å². The van der Waals surface area contributed by atoms with Crippen molar-refractivity contribution < 1.29 is 32.3 Å². The van der Waals surface area contributed by atoms with Crippen LogP contribution in [0.5, 0.6) is 0 Å². The highest BCUT2D eigenvalue weighted by Crippen LogP contribution is 2.32. The number of ether oxygens (including phenoxy) is 2. The number of carbonyl (C=O) groups excluding carboxylic acids is 2. The smallest absolute Gasteiger partial charge is 0.462 e. The molecule has 146 valence electrons. The average Bonchev–Trinajstić information content (AvgIpc) is 2.53. The molecule has 0 aromatic rings. The van der Waals surface area contributed by atoms with Crippen molar-refractivity contribution in [3.8, 4) is 0 Å². The summed E-state index contributed by atoms with van der Waals surface area (Å²) in [6.07, 6.45) is 0.0385. The second-order valence-corrected chi connectivity index (χ2v) is 8.15. The number of nitrogens with two attached hydrogens (primary N) is 1. The van der Waals surface area contributed by atoms with Crippen LogP contribution in [0.2, 0.25) is 5.54 Å². The second-order valence-electron chi connectivity index (χ2n) is 5.26. The van der Waals surface area contributed by atoms with E-state index in [4.69, 9.17) is 28.5 Å². The monoisotopic (exact) mass is 377 g/mol. The van der Waals surface area contributed by atoms with Crippen LogP contribution in [0.3, 0.4) is 0 Å². The van der Waals surface area contributed by atoms with E-state index in [1.807, 2.05) is 20.8 Å². The van der Waals surface area contributed by atoms with Crippen LogP contribution in [0.1, 0.15) is 40.5 Å². The highest BCUT2D eigenvalue weighted by Gasteiger charge is 2.48. The van der Waals surface area contributed by atoms with Gasteiger partial charge in [0.15, 0.2) is 0 Å². The number of carbonyl (C=O) groups is 2. The Kier molecular flexibility index (Phi) is 12.1. The van der Waals surface area contributed by atoms with Crippen molar-refractivity contribution in [1.82, 2.24) is 0 Å². The van der Waals surface area contributed by atoms with Crippen molar-refractivity contribution in [2.75, 3.05) is 33.0 Å². The number of hydrogen-bond donors (Lipinski definition) is 1. The molecule has 1 amide bonds. The molecule has 1 unspecified atom stereocenters. The molecule has 8 nitrogen and oxygen atoms in total. The highest BCUT2D eigenvalue weighted by atomic mass is 28.4. The van der Waals surface area contributed by atoms with Crippen molar-refractivity contribution in [3.63, 3.8) is 0 Å². The standard InChI is InChI=1S/C16H31NO7Si/c1-6-22-25(23-7-2,24-8-3)14(10-12-21-16(17)19)9-11-20-15(18)13(4)5/h14H,4,6-12H2,1-3,5H3,(H2,17,19). The van der Waals surface area contributed by atoms with E-state index < -0.39 is 20.9 Å². The first kappa shape index (κ1) is 23.6. The first-order valence-electron chi connectivity index (χ1n) is 8.49. The van der Waals surface area contributed by atoms with E-state index in [1.165, 1.54) is 0 Å². The number of primary amides is 1. The van der Waals surface area contributed by atoms with Gasteiger partial charge in [-0.05, 0) is 40.5 Å². The average molecular weight is 378 g/mol. The molecule has 1 atom stereocenters. The third kappa shape index (κ3) is 9.01. The van der Waals surface area contributed by atoms with Gasteiger partial charge in [-0.1, -0.05) is 6.58 Å². The summed E-state index contributed by atoms with van der Waals surface area (Å²) in [6.45, 7) is 12.2. The number of rotatable bonds is 14. The Morgan fingerprint density at radius 3 is 1.76 bits per heavy atom. The molecule has 0 heterocycles. The maximum atomic E-state index is 11.6. The minimum Gasteiger partial charge on any atom is -0.462 e. The molecule has 0 saturated heterocycles. The zero-order valence-electron chi connectivity index (χ0n) is 15.7. The minimum absolute atomic E-state index is 0.108. The molecular formula is C16H31NO7Si. The normalized spacial score (nSPS) is 12.5. The summed E-state index contributed by atoms with van der Waals surface area (Å²) in [6, 6.07) is 0. The van der Waals surface area contributed by atoms with Crippen LogP contribution < -0.4 is 5.73 Å². The van der Waals surface area contributed by atoms with E-state index in [2.05, 4.69) is 6.58 Å². The zero-order valence-corrected chi connectivity index (χ0v) is 16.7. The molecule has 0 aliphatic rings. The van der Waals surface area contributed by atoms with Gasteiger partial charge in [-0.15, -0.1) is 0 Å². The zero-order chi connectivity index (χ0) is 19.3. The van der Waals surface area contributed by atoms with Gasteiger partial charge >= 0.3 is 20.9 Å². The van der Waals surface area contributed by atoms with Crippen LogP contribution in [-0.2, 0) is 27.5 Å². The van der Waals surface area contributed by atoms with Gasteiger partial charge in [0.05, 0.1) is 13.2 Å². The van der Waals surface area contributed by atoms with Gasteiger partial charge in [0.2, 0.25) is 0 Å². The molecule has 0 aromatic heterocycles. The van der Waals surface area contributed by atoms with Gasteiger partial charge < -0.3 is 28.5 Å². The van der Waals surface area contributed by atoms with Crippen molar-refractivity contribution in [1.29, 1.82) is 0 Å². The molecule has 0 rings (SSSR count). The van der Waals surface area contributed by atoms with Crippen LogP contribution in [0, 0.1) is 0 Å². The van der Waals surface area contributed by atoms with E-state index in [-0.39, 0.29) is 18.8 Å². The van der Waals surface area contributed by atoms with Crippen LogP contribution in [-0.4, -0.2) is 53.9 Å². The lowest BCUT2D eigenvalue weighted by atomic mass is 10.2. The topological polar surface area (TPSA) is 106 Å². The summed E-state index contributed by atoms with van der Waals surface area (Å²) < 4.78 is 27.7. The summed E-state index contributed by atoms with van der Waals surface area (Å²) in [5.41, 5.74) is 5.14. The van der Waals surface area contributed by atoms with Gasteiger partial charge in [0.1, 0.15) is 0 Å². The van der Waals surface area contributed by atoms with Gasteiger partial charge in [-0.25, -0.2) is 9.59 Å². The molecule has 0 saturated carbocycles. The van der Waals surface area contributed by atoms with Crippen LogP contribution in [0.15, 0.2) is 12.2 Å². The van der Waals surface area contributed by atoms with Gasteiger partial charge in [0.25, 0.3) is 0 Å². The molecule has 0 aliphatic heterocycles. The Bertz CT molecular complexity index is 414. The molecule has 0 aliphatic carbocycles. The fraction of sp³-hybridized carbons (Fsp3) is 0.750. The van der Waals surface area contributed by atoms with Gasteiger partial charge in [0, 0.05) is 30.9 Å². The summed E-state index contributed by atoms with van der Waals surface area (Å²) in [7, 11) is -3.04. The van der Waals surface area contributed by atoms with Crippen molar-refractivity contribution in [2.45, 2.75) is 46.1 Å².